The average molecular weight is 1080 g/mol. The molecule has 8 aromatic carbocycles. The molecule has 0 bridgehead atoms. The number of hydrogen-bond acceptors (Lipinski definition) is 4. The van der Waals surface area contributed by atoms with Gasteiger partial charge in [0.25, 0.3) is 0 Å². The fourth-order valence-corrected chi connectivity index (χ4v) is 10.1. The van der Waals surface area contributed by atoms with E-state index >= 15 is 0 Å². The minimum Gasteiger partial charge on any atom is -0.509 e. The molecule has 0 unspecified atom stereocenters. The molecular formula is C62H50N5OPt-3. The third-order valence-corrected chi connectivity index (χ3v) is 13.3. The largest absolute Gasteiger partial charge is 0.509 e. The third kappa shape index (κ3) is 7.50. The van der Waals surface area contributed by atoms with Crippen LogP contribution in [0.5, 0.6) is 11.5 Å². The van der Waals surface area contributed by atoms with Gasteiger partial charge in [0, 0.05) is 83.7 Å². The molecule has 0 atom stereocenters. The minimum atomic E-state index is -0.136. The molecule has 0 saturated carbocycles. The van der Waals surface area contributed by atoms with Gasteiger partial charge in [0.1, 0.15) is 5.82 Å². The Hall–Kier alpha value is -7.40. The van der Waals surface area contributed by atoms with Gasteiger partial charge in [-0.05, 0) is 86.5 Å². The standard InChI is InChI=1S/C62H50N5O.Pt/c1-61(2,3)43-34-35-63-56(36-43)67-53-33-32-50(62(4,5)6)60-58(53)57-54(66(60)44-24-14-9-15-25-44)38-47(39-55(57)67)68-46-27-18-26-45(37-46)64-40-65(52-31-17-16-30-51(52)64)59-48(41-20-10-7-11-21-41)28-19-29-49(59)42-22-12-8-13-23-42;/h7-36,38,40H,1-6H3;/q-3;. The van der Waals surface area contributed by atoms with Gasteiger partial charge in [-0.2, -0.15) is 6.07 Å². The normalized spacial score (nSPS) is 12.8. The van der Waals surface area contributed by atoms with Gasteiger partial charge in [-0.25, -0.2) is 4.98 Å². The van der Waals surface area contributed by atoms with Crippen molar-refractivity contribution in [2.75, 3.05) is 9.80 Å². The van der Waals surface area contributed by atoms with E-state index < -0.39 is 0 Å². The van der Waals surface area contributed by atoms with E-state index in [1.165, 1.54) is 22.0 Å². The Bertz CT molecular complexity index is 3600. The van der Waals surface area contributed by atoms with Crippen molar-refractivity contribution >= 4 is 55.6 Å². The topological polar surface area (TPSA) is 38.5 Å². The number of ether oxygens (including phenoxy) is 1. The maximum Gasteiger partial charge on any atom is 0.135 e. The molecule has 1 aliphatic heterocycles. The van der Waals surface area contributed by atoms with Crippen LogP contribution in [-0.4, -0.2) is 14.1 Å². The molecule has 11 aromatic rings. The van der Waals surface area contributed by atoms with Crippen molar-refractivity contribution in [3.05, 3.63) is 218 Å². The zero-order chi connectivity index (χ0) is 46.3. The summed E-state index contributed by atoms with van der Waals surface area (Å²) in [5.41, 5.74) is 16.2. The van der Waals surface area contributed by atoms with Crippen LogP contribution in [-0.2, 0) is 31.9 Å². The summed E-state index contributed by atoms with van der Waals surface area (Å²) in [6.45, 7) is 15.8. The summed E-state index contributed by atoms with van der Waals surface area (Å²) in [6.07, 6.45) is 1.93. The van der Waals surface area contributed by atoms with E-state index in [1.54, 1.807) is 0 Å². The van der Waals surface area contributed by atoms with E-state index in [0.29, 0.717) is 11.5 Å². The molecule has 0 N–H and O–H groups in total. The molecule has 4 heterocycles. The van der Waals surface area contributed by atoms with Crippen molar-refractivity contribution in [1.82, 2.24) is 14.1 Å². The fraction of sp³-hybridized carbons (Fsp3) is 0.129. The Morgan fingerprint density at radius 3 is 1.80 bits per heavy atom. The number of nitrogens with zero attached hydrogens (tertiary/aromatic N) is 5. The second-order valence-electron chi connectivity index (χ2n) is 19.8. The maximum atomic E-state index is 6.99. The van der Waals surface area contributed by atoms with Crippen LogP contribution in [0.2, 0.25) is 0 Å². The smallest absolute Gasteiger partial charge is 0.135 e. The number of aromatic nitrogens is 3. The molecule has 0 spiro atoms. The van der Waals surface area contributed by atoms with E-state index in [-0.39, 0.29) is 31.9 Å². The van der Waals surface area contributed by atoms with Crippen LogP contribution in [0, 0.1) is 18.8 Å². The Balaban J connectivity index is 0.00000520. The third-order valence-electron chi connectivity index (χ3n) is 13.3. The predicted octanol–water partition coefficient (Wildman–Crippen LogP) is 16.3. The number of fused-ring (bicyclic) bond motifs is 1. The molecule has 1 aliphatic rings. The van der Waals surface area contributed by atoms with Crippen LogP contribution in [0.15, 0.2) is 188 Å². The van der Waals surface area contributed by atoms with Gasteiger partial charge in [-0.15, -0.1) is 42.7 Å². The Kier molecular flexibility index (Phi) is 10.9. The first-order valence-electron chi connectivity index (χ1n) is 23.4. The summed E-state index contributed by atoms with van der Waals surface area (Å²) in [7, 11) is 0. The van der Waals surface area contributed by atoms with E-state index in [0.717, 1.165) is 78.4 Å². The van der Waals surface area contributed by atoms with Gasteiger partial charge in [0.2, 0.25) is 0 Å². The van der Waals surface area contributed by atoms with Gasteiger partial charge in [0.15, 0.2) is 0 Å². The Morgan fingerprint density at radius 1 is 0.522 bits per heavy atom. The quantitative estimate of drug-likeness (QED) is 0.142. The van der Waals surface area contributed by atoms with Crippen molar-refractivity contribution in [2.45, 2.75) is 52.4 Å². The maximum absolute atomic E-state index is 6.99. The van der Waals surface area contributed by atoms with E-state index in [1.807, 2.05) is 18.3 Å². The minimum absolute atomic E-state index is 0. The first-order valence-corrected chi connectivity index (χ1v) is 23.4. The van der Waals surface area contributed by atoms with Crippen molar-refractivity contribution < 1.29 is 25.8 Å². The predicted molar refractivity (Wildman–Crippen MR) is 281 cm³/mol. The summed E-state index contributed by atoms with van der Waals surface area (Å²) in [6, 6.07) is 71.8. The second kappa shape index (κ2) is 17.0. The first-order chi connectivity index (χ1) is 33.0. The molecule has 0 saturated heterocycles. The Labute approximate surface area is 418 Å². The first kappa shape index (κ1) is 44.1. The van der Waals surface area contributed by atoms with Crippen LogP contribution in [0.1, 0.15) is 52.7 Å². The molecule has 342 valence electrons. The molecule has 69 heavy (non-hydrogen) atoms. The van der Waals surface area contributed by atoms with Crippen LogP contribution in [0.3, 0.4) is 0 Å². The summed E-state index contributed by atoms with van der Waals surface area (Å²) in [5, 5.41) is 2.33. The van der Waals surface area contributed by atoms with Crippen molar-refractivity contribution in [3.63, 3.8) is 0 Å². The zero-order valence-electron chi connectivity index (χ0n) is 39.4. The molecule has 0 aliphatic carbocycles. The van der Waals surface area contributed by atoms with E-state index in [4.69, 9.17) is 9.72 Å². The number of hydrogen-bond donors (Lipinski definition) is 0. The van der Waals surface area contributed by atoms with Crippen molar-refractivity contribution in [3.8, 4) is 45.3 Å². The molecule has 0 amide bonds. The molecule has 6 nitrogen and oxygen atoms in total. The summed E-state index contributed by atoms with van der Waals surface area (Å²) in [4.78, 5) is 9.56. The Morgan fingerprint density at radius 2 is 1.14 bits per heavy atom. The second-order valence-corrected chi connectivity index (χ2v) is 19.8. The average Bonchev–Trinajstić information content (AvgIpc) is 4.02. The van der Waals surface area contributed by atoms with E-state index in [9.17, 15) is 0 Å². The van der Waals surface area contributed by atoms with Gasteiger partial charge in [-0.1, -0.05) is 168 Å². The molecule has 3 aromatic heterocycles. The van der Waals surface area contributed by atoms with Crippen molar-refractivity contribution in [1.29, 1.82) is 0 Å². The number of anilines is 4. The number of benzene rings is 8. The molecule has 0 radical (unpaired) electrons. The molecule has 0 fully saturated rings. The summed E-state index contributed by atoms with van der Waals surface area (Å²) in [5.74, 6) is 2.02. The van der Waals surface area contributed by atoms with Crippen molar-refractivity contribution in [2.24, 2.45) is 0 Å². The number of para-hydroxylation sites is 4. The van der Waals surface area contributed by atoms with Gasteiger partial charge >= 0.3 is 0 Å². The van der Waals surface area contributed by atoms with Gasteiger partial charge < -0.3 is 23.7 Å². The molecule has 12 rings (SSSR count). The van der Waals surface area contributed by atoms with Gasteiger partial charge in [-0.3, -0.25) is 0 Å². The van der Waals surface area contributed by atoms with Crippen LogP contribution < -0.4 is 14.5 Å². The van der Waals surface area contributed by atoms with E-state index in [2.05, 4.69) is 249 Å². The van der Waals surface area contributed by atoms with Gasteiger partial charge in [0.05, 0.1) is 0 Å². The SMILES string of the molecule is CC(C)(C)c1ccnc(-n2c3[c-]c(Oc4[c-]c(N5[CH-]N(c6c(-c7ccccc7)cccc6-c6ccccc6)c6ccccc65)ccc4)cc4c3c3c2ccc(C(C)(C)C)c3n4-c2ccccc2)c1.[Pt]. The summed E-state index contributed by atoms with van der Waals surface area (Å²) < 4.78 is 11.7. The zero-order valence-corrected chi connectivity index (χ0v) is 41.7. The monoisotopic (exact) mass is 1080 g/mol. The number of rotatable bonds is 8. The summed E-state index contributed by atoms with van der Waals surface area (Å²) >= 11 is 0. The number of pyridine rings is 1. The van der Waals surface area contributed by atoms with Crippen LogP contribution >= 0.6 is 0 Å². The molecule has 7 heteroatoms. The molecular weight excluding hydrogens is 1030 g/mol. The van der Waals surface area contributed by atoms with Crippen LogP contribution in [0.25, 0.3) is 66.6 Å². The fourth-order valence-electron chi connectivity index (χ4n) is 10.1. The van der Waals surface area contributed by atoms with Crippen LogP contribution in [0.4, 0.5) is 22.7 Å².